The Morgan fingerprint density at radius 2 is 2.00 bits per heavy atom. The van der Waals surface area contributed by atoms with Crippen LogP contribution >= 0.6 is 0 Å². The lowest BCUT2D eigenvalue weighted by Gasteiger charge is -2.33. The average molecular weight is 331 g/mol. The first-order valence-corrected chi connectivity index (χ1v) is 8.02. The third-order valence-corrected chi connectivity index (χ3v) is 4.96. The molecule has 128 valence electrons. The van der Waals surface area contributed by atoms with Crippen molar-refractivity contribution in [3.63, 3.8) is 0 Å². The quantitative estimate of drug-likeness (QED) is 0.447. The van der Waals surface area contributed by atoms with Gasteiger partial charge in [-0.25, -0.2) is 10.3 Å². The van der Waals surface area contributed by atoms with Crippen molar-refractivity contribution in [3.8, 4) is 0 Å². The summed E-state index contributed by atoms with van der Waals surface area (Å²) >= 11 is 0. The summed E-state index contributed by atoms with van der Waals surface area (Å²) in [5, 5.41) is 18.0. The minimum Gasteiger partial charge on any atom is -0.465 e. The molecule has 7 heteroatoms. The molecule has 1 spiro atoms. The predicted octanol–water partition coefficient (Wildman–Crippen LogP) is 1.93. The Bertz CT molecular complexity index is 676. The van der Waals surface area contributed by atoms with Crippen LogP contribution in [0, 0.1) is 0 Å². The van der Waals surface area contributed by atoms with Gasteiger partial charge >= 0.3 is 6.09 Å². The number of para-hydroxylation sites is 1. The van der Waals surface area contributed by atoms with Crippen LogP contribution in [0.15, 0.2) is 30.3 Å². The molecule has 2 fully saturated rings. The molecule has 1 aromatic carbocycles. The van der Waals surface area contributed by atoms with Gasteiger partial charge in [-0.15, -0.1) is 0 Å². The highest BCUT2D eigenvalue weighted by atomic mass is 16.5. The largest absolute Gasteiger partial charge is 0.465 e. The van der Waals surface area contributed by atoms with Crippen molar-refractivity contribution in [2.75, 3.05) is 24.5 Å². The monoisotopic (exact) mass is 331 g/mol. The standard InChI is InChI=1S/C17H21N3O4/c21-15(18-24)7-6-13-4-1-2-5-14(13)19-11-9-17(12-19)8-3-10-20(17)16(22)23/h1-2,4-7,24H,3,8-12H2,(H,18,21)(H,22,23). The zero-order valence-electron chi connectivity index (χ0n) is 13.3. The van der Waals surface area contributed by atoms with Crippen LogP contribution in [0.5, 0.6) is 0 Å². The fourth-order valence-corrected chi connectivity index (χ4v) is 3.84. The maximum Gasteiger partial charge on any atom is 0.407 e. The Kier molecular flexibility index (Phi) is 4.44. The van der Waals surface area contributed by atoms with Crippen LogP contribution in [-0.4, -0.2) is 52.4 Å². The molecule has 0 saturated carbocycles. The van der Waals surface area contributed by atoms with Gasteiger partial charge in [0.25, 0.3) is 5.91 Å². The molecule has 1 aromatic rings. The van der Waals surface area contributed by atoms with E-state index in [2.05, 4.69) is 4.90 Å². The number of carbonyl (C=O) groups is 2. The van der Waals surface area contributed by atoms with Crippen molar-refractivity contribution in [2.24, 2.45) is 0 Å². The zero-order chi connectivity index (χ0) is 17.2. The Balaban J connectivity index is 1.83. The molecule has 2 saturated heterocycles. The van der Waals surface area contributed by atoms with E-state index in [1.165, 1.54) is 6.08 Å². The number of hydrogen-bond donors (Lipinski definition) is 3. The molecule has 2 aliphatic rings. The van der Waals surface area contributed by atoms with Gasteiger partial charge in [0.15, 0.2) is 0 Å². The van der Waals surface area contributed by atoms with E-state index >= 15 is 0 Å². The predicted molar refractivity (Wildman–Crippen MR) is 88.9 cm³/mol. The van der Waals surface area contributed by atoms with Gasteiger partial charge in [0.2, 0.25) is 0 Å². The lowest BCUT2D eigenvalue weighted by Crippen LogP contribution is -2.48. The van der Waals surface area contributed by atoms with Gasteiger partial charge in [0.05, 0.1) is 5.54 Å². The third kappa shape index (κ3) is 2.94. The highest BCUT2D eigenvalue weighted by Crippen LogP contribution is 2.40. The summed E-state index contributed by atoms with van der Waals surface area (Å²) < 4.78 is 0. The van der Waals surface area contributed by atoms with Crippen molar-refractivity contribution >= 4 is 23.8 Å². The van der Waals surface area contributed by atoms with Crippen molar-refractivity contribution in [2.45, 2.75) is 24.8 Å². The second kappa shape index (κ2) is 6.52. The second-order valence-electron chi connectivity index (χ2n) is 6.30. The number of nitrogens with one attached hydrogen (secondary N) is 1. The number of anilines is 1. The first-order valence-electron chi connectivity index (χ1n) is 8.02. The summed E-state index contributed by atoms with van der Waals surface area (Å²) in [6.07, 6.45) is 4.68. The third-order valence-electron chi connectivity index (χ3n) is 4.96. The highest BCUT2D eigenvalue weighted by Gasteiger charge is 2.48. The Morgan fingerprint density at radius 1 is 1.21 bits per heavy atom. The maximum atomic E-state index is 11.5. The van der Waals surface area contributed by atoms with Crippen LogP contribution < -0.4 is 10.4 Å². The average Bonchev–Trinajstić information content (AvgIpc) is 3.20. The number of nitrogens with zero attached hydrogens (tertiary/aromatic N) is 2. The molecule has 2 amide bonds. The van der Waals surface area contributed by atoms with E-state index in [0.717, 1.165) is 37.1 Å². The minimum absolute atomic E-state index is 0.300. The molecule has 0 aliphatic carbocycles. The minimum atomic E-state index is -0.845. The topological polar surface area (TPSA) is 93.1 Å². The lowest BCUT2D eigenvalue weighted by molar-refractivity contribution is -0.124. The van der Waals surface area contributed by atoms with Gasteiger partial charge in [-0.3, -0.25) is 10.0 Å². The van der Waals surface area contributed by atoms with Crippen LogP contribution in [-0.2, 0) is 4.79 Å². The molecule has 0 aromatic heterocycles. The Labute approximate surface area is 140 Å². The second-order valence-corrected chi connectivity index (χ2v) is 6.30. The summed E-state index contributed by atoms with van der Waals surface area (Å²) in [5.41, 5.74) is 3.10. The summed E-state index contributed by atoms with van der Waals surface area (Å²) in [7, 11) is 0. The van der Waals surface area contributed by atoms with Crippen molar-refractivity contribution < 1.29 is 19.9 Å². The number of amides is 2. The first kappa shape index (κ1) is 16.3. The van der Waals surface area contributed by atoms with Gasteiger partial charge in [-0.2, -0.15) is 0 Å². The van der Waals surface area contributed by atoms with Gasteiger partial charge in [-0.05, 0) is 37.0 Å². The zero-order valence-corrected chi connectivity index (χ0v) is 13.3. The van der Waals surface area contributed by atoms with Crippen LogP contribution in [0.25, 0.3) is 6.08 Å². The Morgan fingerprint density at radius 3 is 2.75 bits per heavy atom. The van der Waals surface area contributed by atoms with Crippen LogP contribution in [0.2, 0.25) is 0 Å². The molecule has 0 bridgehead atoms. The number of carbonyl (C=O) groups excluding carboxylic acids is 1. The number of benzene rings is 1. The summed E-state index contributed by atoms with van der Waals surface area (Å²) in [4.78, 5) is 26.5. The smallest absolute Gasteiger partial charge is 0.407 e. The first-order chi connectivity index (χ1) is 11.6. The molecule has 1 unspecified atom stereocenters. The molecule has 24 heavy (non-hydrogen) atoms. The van der Waals surface area contributed by atoms with Crippen molar-refractivity contribution in [1.82, 2.24) is 10.4 Å². The molecule has 2 aliphatic heterocycles. The van der Waals surface area contributed by atoms with Gasteiger partial charge in [0.1, 0.15) is 0 Å². The Hall–Kier alpha value is -2.54. The number of likely N-dealkylation sites (tertiary alicyclic amines) is 1. The molecular formula is C17H21N3O4. The van der Waals surface area contributed by atoms with Gasteiger partial charge in [-0.1, -0.05) is 18.2 Å². The molecule has 2 heterocycles. The molecule has 3 rings (SSSR count). The van der Waals surface area contributed by atoms with E-state index in [1.807, 2.05) is 24.3 Å². The number of hydroxylamine groups is 1. The van der Waals surface area contributed by atoms with Crippen molar-refractivity contribution in [3.05, 3.63) is 35.9 Å². The summed E-state index contributed by atoms with van der Waals surface area (Å²) in [5.74, 6) is -0.587. The molecule has 7 nitrogen and oxygen atoms in total. The summed E-state index contributed by atoms with van der Waals surface area (Å²) in [6.45, 7) is 2.04. The van der Waals surface area contributed by atoms with E-state index in [-0.39, 0.29) is 5.54 Å². The summed E-state index contributed by atoms with van der Waals surface area (Å²) in [6, 6.07) is 7.67. The van der Waals surface area contributed by atoms with Gasteiger partial charge in [0, 0.05) is 31.4 Å². The van der Waals surface area contributed by atoms with E-state index < -0.39 is 12.0 Å². The number of rotatable bonds is 3. The number of carboxylic acid groups (broad SMARTS) is 1. The number of hydrogen-bond acceptors (Lipinski definition) is 4. The maximum absolute atomic E-state index is 11.5. The van der Waals surface area contributed by atoms with Crippen LogP contribution in [0.4, 0.5) is 10.5 Å². The van der Waals surface area contributed by atoms with E-state index in [4.69, 9.17) is 5.21 Å². The highest BCUT2D eigenvalue weighted by molar-refractivity contribution is 5.91. The van der Waals surface area contributed by atoms with Crippen molar-refractivity contribution in [1.29, 1.82) is 0 Å². The molecular weight excluding hydrogens is 310 g/mol. The van der Waals surface area contributed by atoms with Crippen LogP contribution in [0.3, 0.4) is 0 Å². The fraction of sp³-hybridized carbons (Fsp3) is 0.412. The van der Waals surface area contributed by atoms with E-state index in [0.29, 0.717) is 13.1 Å². The lowest BCUT2D eigenvalue weighted by atomic mass is 9.95. The van der Waals surface area contributed by atoms with E-state index in [1.54, 1.807) is 16.5 Å². The van der Waals surface area contributed by atoms with Gasteiger partial charge < -0.3 is 14.9 Å². The molecule has 1 atom stereocenters. The SMILES string of the molecule is O=C(C=Cc1ccccc1N1CCC2(CCCN2C(=O)O)C1)NO. The van der Waals surface area contributed by atoms with Crippen LogP contribution in [0.1, 0.15) is 24.8 Å². The van der Waals surface area contributed by atoms with E-state index in [9.17, 15) is 14.7 Å². The molecule has 0 radical (unpaired) electrons. The fourth-order valence-electron chi connectivity index (χ4n) is 3.84. The molecule has 3 N–H and O–H groups in total. The normalized spacial score (nSPS) is 23.4.